The van der Waals surface area contributed by atoms with Crippen LogP contribution in [0.25, 0.3) is 0 Å². The van der Waals surface area contributed by atoms with Crippen LogP contribution in [0.3, 0.4) is 0 Å². The van der Waals surface area contributed by atoms with Crippen molar-refractivity contribution in [1.82, 2.24) is 15.5 Å². The molecule has 1 aliphatic carbocycles. The van der Waals surface area contributed by atoms with Crippen LogP contribution in [0.5, 0.6) is 0 Å². The zero-order valence-electron chi connectivity index (χ0n) is 21.9. The second-order valence-corrected chi connectivity index (χ2v) is 10.3. The quantitative estimate of drug-likeness (QED) is 0.463. The molecule has 3 N–H and O–H groups in total. The van der Waals surface area contributed by atoms with Crippen LogP contribution in [0.15, 0.2) is 24.3 Å². The number of aryl methyl sites for hydroxylation is 1. The van der Waals surface area contributed by atoms with E-state index in [1.54, 1.807) is 20.8 Å². The molecule has 0 saturated heterocycles. The summed E-state index contributed by atoms with van der Waals surface area (Å²) in [5, 5.41) is 15.6. The van der Waals surface area contributed by atoms with Crippen molar-refractivity contribution in [2.45, 2.75) is 103 Å². The van der Waals surface area contributed by atoms with Gasteiger partial charge in [0, 0.05) is 12.6 Å². The first-order valence-electron chi connectivity index (χ1n) is 12.9. The molecular weight excluding hydrogens is 446 g/mol. The Bertz CT molecular complexity index is 828. The van der Waals surface area contributed by atoms with Gasteiger partial charge in [0.1, 0.15) is 17.7 Å². The Morgan fingerprint density at radius 2 is 1.71 bits per heavy atom. The predicted molar refractivity (Wildman–Crippen MR) is 136 cm³/mol. The number of hydrogen-bond acceptors (Lipinski definition) is 5. The zero-order valence-corrected chi connectivity index (χ0v) is 21.9. The van der Waals surface area contributed by atoms with Crippen molar-refractivity contribution in [2.75, 3.05) is 13.2 Å². The number of aliphatic hydroxyl groups is 1. The van der Waals surface area contributed by atoms with Crippen LogP contribution >= 0.6 is 0 Å². The van der Waals surface area contributed by atoms with E-state index in [1.807, 2.05) is 31.2 Å². The highest BCUT2D eigenvalue weighted by Crippen LogP contribution is 2.25. The van der Waals surface area contributed by atoms with E-state index in [1.165, 1.54) is 11.3 Å². The topological polar surface area (TPSA) is 108 Å². The maximum atomic E-state index is 13.6. The normalized spacial score (nSPS) is 16.2. The Kier molecular flexibility index (Phi) is 11.0. The van der Waals surface area contributed by atoms with E-state index in [0.717, 1.165) is 37.7 Å². The molecule has 8 nitrogen and oxygen atoms in total. The van der Waals surface area contributed by atoms with Gasteiger partial charge in [-0.25, -0.2) is 4.79 Å². The van der Waals surface area contributed by atoms with Gasteiger partial charge in [0.05, 0.1) is 6.61 Å². The third kappa shape index (κ3) is 8.84. The fourth-order valence-electron chi connectivity index (χ4n) is 4.38. The molecule has 0 spiro atoms. The second kappa shape index (κ2) is 13.5. The molecule has 1 aromatic rings. The van der Waals surface area contributed by atoms with Crippen molar-refractivity contribution in [3.8, 4) is 0 Å². The fraction of sp³-hybridized carbons (Fsp3) is 0.667. The summed E-state index contributed by atoms with van der Waals surface area (Å²) in [5.41, 5.74) is 1.08. The standard InChI is InChI=1S/C27H43N3O5/c1-6-17-30(25(33)22(18-31)29-26(34)35-27(3,4)5)23(20-15-13-19(7-2)14-16-20)24(32)28-21-11-9-8-10-12-21/h13-16,21-23,31H,6-12,17-18H2,1-5H3,(H,28,32)(H,29,34). The molecule has 0 bridgehead atoms. The number of aliphatic hydroxyl groups excluding tert-OH is 1. The summed E-state index contributed by atoms with van der Waals surface area (Å²) >= 11 is 0. The van der Waals surface area contributed by atoms with Gasteiger partial charge in [0.2, 0.25) is 11.8 Å². The van der Waals surface area contributed by atoms with Crippen molar-refractivity contribution >= 4 is 17.9 Å². The number of rotatable bonds is 10. The average Bonchev–Trinajstić information content (AvgIpc) is 2.81. The minimum Gasteiger partial charge on any atom is -0.444 e. The molecule has 0 aromatic heterocycles. The smallest absolute Gasteiger partial charge is 0.408 e. The molecule has 1 fully saturated rings. The van der Waals surface area contributed by atoms with E-state index >= 15 is 0 Å². The molecule has 1 aromatic carbocycles. The van der Waals surface area contributed by atoms with Gasteiger partial charge < -0.3 is 25.4 Å². The van der Waals surface area contributed by atoms with Gasteiger partial charge in [-0.2, -0.15) is 0 Å². The van der Waals surface area contributed by atoms with Crippen molar-refractivity contribution in [3.05, 3.63) is 35.4 Å². The van der Waals surface area contributed by atoms with Gasteiger partial charge in [0.15, 0.2) is 0 Å². The van der Waals surface area contributed by atoms with Crippen LogP contribution < -0.4 is 10.6 Å². The maximum Gasteiger partial charge on any atom is 0.408 e. The number of amides is 3. The van der Waals surface area contributed by atoms with Crippen LogP contribution in [0.2, 0.25) is 0 Å². The molecule has 1 aliphatic rings. The summed E-state index contributed by atoms with van der Waals surface area (Å²) in [6.07, 6.45) is 5.85. The molecule has 196 valence electrons. The van der Waals surface area contributed by atoms with Crippen molar-refractivity contribution < 1.29 is 24.2 Å². The van der Waals surface area contributed by atoms with E-state index in [0.29, 0.717) is 18.5 Å². The van der Waals surface area contributed by atoms with Gasteiger partial charge in [-0.3, -0.25) is 9.59 Å². The van der Waals surface area contributed by atoms with Crippen LogP contribution in [0.1, 0.15) is 90.3 Å². The number of benzene rings is 1. The van der Waals surface area contributed by atoms with Crippen LogP contribution in [-0.2, 0) is 20.7 Å². The number of ether oxygens (including phenoxy) is 1. The summed E-state index contributed by atoms with van der Waals surface area (Å²) in [7, 11) is 0. The molecule has 2 unspecified atom stereocenters. The van der Waals surface area contributed by atoms with Crippen LogP contribution in [0, 0.1) is 0 Å². The Hall–Kier alpha value is -2.61. The summed E-state index contributed by atoms with van der Waals surface area (Å²) in [6.45, 7) is 8.83. The van der Waals surface area contributed by atoms with Crippen molar-refractivity contribution in [3.63, 3.8) is 0 Å². The highest BCUT2D eigenvalue weighted by Gasteiger charge is 2.36. The minimum atomic E-state index is -1.23. The highest BCUT2D eigenvalue weighted by atomic mass is 16.6. The van der Waals surface area contributed by atoms with E-state index in [4.69, 9.17) is 4.74 Å². The van der Waals surface area contributed by atoms with Gasteiger partial charge in [-0.15, -0.1) is 0 Å². The molecule has 1 saturated carbocycles. The minimum absolute atomic E-state index is 0.0840. The summed E-state index contributed by atoms with van der Waals surface area (Å²) < 4.78 is 5.27. The third-order valence-electron chi connectivity index (χ3n) is 6.13. The number of alkyl carbamates (subject to hydrolysis) is 1. The number of carbonyl (C=O) groups excluding carboxylic acids is 3. The SMILES string of the molecule is CCCN(C(=O)C(CO)NC(=O)OC(C)(C)C)C(C(=O)NC1CCCCC1)c1ccc(CC)cc1. The number of hydrogen-bond donors (Lipinski definition) is 3. The molecular formula is C27H43N3O5. The Morgan fingerprint density at radius 1 is 1.09 bits per heavy atom. The van der Waals surface area contributed by atoms with Crippen molar-refractivity contribution in [1.29, 1.82) is 0 Å². The molecule has 2 atom stereocenters. The predicted octanol–water partition coefficient (Wildman–Crippen LogP) is 3.86. The van der Waals surface area contributed by atoms with Crippen LogP contribution in [0.4, 0.5) is 4.79 Å². The Balaban J connectivity index is 2.35. The summed E-state index contributed by atoms with van der Waals surface area (Å²) in [4.78, 5) is 41.0. The highest BCUT2D eigenvalue weighted by molar-refractivity contribution is 5.92. The van der Waals surface area contributed by atoms with Crippen molar-refractivity contribution in [2.24, 2.45) is 0 Å². The molecule has 2 rings (SSSR count). The summed E-state index contributed by atoms with van der Waals surface area (Å²) in [6, 6.07) is 5.69. The first kappa shape index (κ1) is 28.6. The lowest BCUT2D eigenvalue weighted by molar-refractivity contribution is -0.143. The number of carbonyl (C=O) groups is 3. The Morgan fingerprint density at radius 3 is 2.23 bits per heavy atom. The zero-order chi connectivity index (χ0) is 26.0. The molecule has 0 heterocycles. The first-order valence-corrected chi connectivity index (χ1v) is 12.9. The monoisotopic (exact) mass is 489 g/mol. The lowest BCUT2D eigenvalue weighted by Gasteiger charge is -2.35. The van der Waals surface area contributed by atoms with Gasteiger partial charge >= 0.3 is 6.09 Å². The first-order chi connectivity index (χ1) is 16.6. The number of nitrogens with one attached hydrogen (secondary N) is 2. The van der Waals surface area contributed by atoms with E-state index in [-0.39, 0.29) is 11.9 Å². The molecule has 0 radical (unpaired) electrons. The van der Waals surface area contributed by atoms with Gasteiger partial charge in [-0.05, 0) is 57.6 Å². The van der Waals surface area contributed by atoms with Crippen LogP contribution in [-0.4, -0.2) is 58.8 Å². The van der Waals surface area contributed by atoms with E-state index in [2.05, 4.69) is 17.6 Å². The third-order valence-corrected chi connectivity index (χ3v) is 6.13. The average molecular weight is 490 g/mol. The van der Waals surface area contributed by atoms with E-state index < -0.39 is 36.3 Å². The number of nitrogens with zero attached hydrogens (tertiary/aromatic N) is 1. The van der Waals surface area contributed by atoms with E-state index in [9.17, 15) is 19.5 Å². The largest absolute Gasteiger partial charge is 0.444 e. The molecule has 8 heteroatoms. The van der Waals surface area contributed by atoms with Gasteiger partial charge in [0.25, 0.3) is 0 Å². The lowest BCUT2D eigenvalue weighted by atomic mass is 9.94. The summed E-state index contributed by atoms with van der Waals surface area (Å²) in [5.74, 6) is -0.763. The van der Waals surface area contributed by atoms with Gasteiger partial charge in [-0.1, -0.05) is 57.4 Å². The molecule has 0 aliphatic heterocycles. The maximum absolute atomic E-state index is 13.6. The Labute approximate surface area is 209 Å². The lowest BCUT2D eigenvalue weighted by Crippen LogP contribution is -2.55. The second-order valence-electron chi connectivity index (χ2n) is 10.3. The fourth-order valence-corrected chi connectivity index (χ4v) is 4.38. The molecule has 35 heavy (non-hydrogen) atoms. The molecule has 3 amide bonds.